The van der Waals surface area contributed by atoms with Crippen molar-refractivity contribution in [3.63, 3.8) is 0 Å². The molecule has 3 saturated heterocycles. The van der Waals surface area contributed by atoms with Crippen LogP contribution in [-0.4, -0.2) is 60.7 Å². The van der Waals surface area contributed by atoms with Crippen LogP contribution in [0.25, 0.3) is 0 Å². The Labute approximate surface area is 171 Å². The van der Waals surface area contributed by atoms with Gasteiger partial charge < -0.3 is 19.1 Å². The number of halogens is 2. The molecule has 0 radical (unpaired) electrons. The van der Waals surface area contributed by atoms with Crippen LogP contribution in [0.2, 0.25) is 0 Å². The van der Waals surface area contributed by atoms with Gasteiger partial charge in [-0.05, 0) is 58.1 Å². The molecule has 1 amide bonds. The Hall–Kier alpha value is -1.67. The molecule has 5 nitrogen and oxygen atoms in total. The third kappa shape index (κ3) is 3.65. The van der Waals surface area contributed by atoms with Gasteiger partial charge in [0.25, 0.3) is 5.91 Å². The lowest BCUT2D eigenvalue weighted by molar-refractivity contribution is -0.149. The molecule has 0 saturated carbocycles. The Bertz CT molecular complexity index is 778. The molecule has 1 aromatic carbocycles. The van der Waals surface area contributed by atoms with Crippen LogP contribution in [0.4, 0.5) is 14.5 Å². The summed E-state index contributed by atoms with van der Waals surface area (Å²) in [6.07, 6.45) is 1.03. The molecule has 0 spiro atoms. The van der Waals surface area contributed by atoms with Gasteiger partial charge in [-0.15, -0.1) is 0 Å². The number of hydrogen-bond donors (Lipinski definition) is 0. The summed E-state index contributed by atoms with van der Waals surface area (Å²) < 4.78 is 39.4. The van der Waals surface area contributed by atoms with E-state index in [9.17, 15) is 13.6 Å². The highest BCUT2D eigenvalue weighted by atomic mass is 19.3. The van der Waals surface area contributed by atoms with E-state index in [-0.39, 0.29) is 19.0 Å². The van der Waals surface area contributed by atoms with Crippen molar-refractivity contribution in [2.24, 2.45) is 0 Å². The monoisotopic (exact) mass is 406 g/mol. The van der Waals surface area contributed by atoms with Gasteiger partial charge in [-0.2, -0.15) is 8.78 Å². The van der Waals surface area contributed by atoms with Gasteiger partial charge in [0.05, 0.1) is 11.2 Å². The number of likely N-dealkylation sites (tertiary alicyclic amines) is 1. The fourth-order valence-corrected chi connectivity index (χ4v) is 4.31. The highest BCUT2D eigenvalue weighted by Crippen LogP contribution is 2.37. The first-order valence-corrected chi connectivity index (χ1v) is 10.4. The quantitative estimate of drug-likeness (QED) is 0.725. The van der Waals surface area contributed by atoms with Gasteiger partial charge in [0, 0.05) is 37.8 Å². The molecule has 0 aliphatic carbocycles. The average Bonchev–Trinajstić information content (AvgIpc) is 3.06. The maximum absolute atomic E-state index is 13.6. The van der Waals surface area contributed by atoms with E-state index in [1.807, 2.05) is 45.9 Å². The van der Waals surface area contributed by atoms with Gasteiger partial charge in [0.1, 0.15) is 0 Å². The predicted molar refractivity (Wildman–Crippen MR) is 109 cm³/mol. The van der Waals surface area contributed by atoms with Crippen molar-refractivity contribution in [2.75, 3.05) is 24.5 Å². The zero-order valence-electron chi connectivity index (χ0n) is 17.6. The van der Waals surface area contributed by atoms with E-state index < -0.39 is 30.2 Å². The van der Waals surface area contributed by atoms with Gasteiger partial charge in [0.15, 0.2) is 0 Å². The second-order valence-electron chi connectivity index (χ2n) is 9.35. The normalized spacial score (nSPS) is 26.4. The molecule has 0 unspecified atom stereocenters. The van der Waals surface area contributed by atoms with E-state index in [0.717, 1.165) is 24.2 Å². The first kappa shape index (κ1) is 20.6. The van der Waals surface area contributed by atoms with Gasteiger partial charge in [-0.25, -0.2) is 0 Å². The summed E-state index contributed by atoms with van der Waals surface area (Å²) >= 11 is 0. The molecule has 8 heteroatoms. The van der Waals surface area contributed by atoms with Crippen LogP contribution in [0.3, 0.4) is 0 Å². The van der Waals surface area contributed by atoms with Crippen LogP contribution in [0.5, 0.6) is 0 Å². The van der Waals surface area contributed by atoms with Gasteiger partial charge in [-0.1, -0.05) is 12.1 Å². The second kappa shape index (κ2) is 6.94. The summed E-state index contributed by atoms with van der Waals surface area (Å²) in [7, 11) is -0.415. The van der Waals surface area contributed by atoms with E-state index in [2.05, 4.69) is 11.0 Å². The number of carbonyl (C=O) groups is 1. The van der Waals surface area contributed by atoms with Gasteiger partial charge >= 0.3 is 13.0 Å². The van der Waals surface area contributed by atoms with Crippen LogP contribution >= 0.6 is 0 Å². The van der Waals surface area contributed by atoms with Crippen molar-refractivity contribution in [3.8, 4) is 0 Å². The van der Waals surface area contributed by atoms with Crippen molar-refractivity contribution in [1.29, 1.82) is 0 Å². The van der Waals surface area contributed by atoms with Crippen molar-refractivity contribution in [1.82, 2.24) is 4.90 Å². The van der Waals surface area contributed by atoms with Crippen molar-refractivity contribution >= 4 is 24.2 Å². The minimum absolute atomic E-state index is 0.0987. The molecular formula is C21H29BF2N2O3. The predicted octanol–water partition coefficient (Wildman–Crippen LogP) is 2.82. The molecule has 3 fully saturated rings. The molecule has 1 aromatic rings. The molecule has 158 valence electrons. The van der Waals surface area contributed by atoms with E-state index in [1.165, 1.54) is 4.90 Å². The van der Waals surface area contributed by atoms with E-state index in [1.54, 1.807) is 0 Å². The first-order chi connectivity index (χ1) is 13.5. The Balaban J connectivity index is 1.41. The molecular weight excluding hydrogens is 377 g/mol. The third-order valence-corrected chi connectivity index (χ3v) is 6.91. The minimum atomic E-state index is -3.19. The molecule has 3 heterocycles. The Morgan fingerprint density at radius 3 is 2.21 bits per heavy atom. The SMILES string of the molecule is CC1(C)OB(c2cccc(N3CCC(N4CCC(F)(F)C4=O)CC3)c2)OC1(C)C. The number of alkyl halides is 2. The molecule has 29 heavy (non-hydrogen) atoms. The molecule has 3 aliphatic heterocycles. The zero-order chi connectivity index (χ0) is 21.0. The van der Waals surface area contributed by atoms with Crippen molar-refractivity contribution in [3.05, 3.63) is 24.3 Å². The standard InChI is InChI=1S/C21H29BF2N2O3/c1-19(2)20(3,4)29-22(28-19)15-6-5-7-17(14-15)25-11-8-16(9-12-25)26-13-10-21(23,24)18(26)27/h5-7,14,16H,8-13H2,1-4H3. The van der Waals surface area contributed by atoms with Crippen LogP contribution in [0, 0.1) is 0 Å². The maximum Gasteiger partial charge on any atom is 0.494 e. The summed E-state index contributed by atoms with van der Waals surface area (Å²) in [5.74, 6) is -4.19. The van der Waals surface area contributed by atoms with E-state index in [4.69, 9.17) is 9.31 Å². The number of hydrogen-bond acceptors (Lipinski definition) is 4. The second-order valence-corrected chi connectivity index (χ2v) is 9.35. The number of nitrogens with zero attached hydrogens (tertiary/aromatic N) is 2. The van der Waals surface area contributed by atoms with Crippen LogP contribution in [0.15, 0.2) is 24.3 Å². The lowest BCUT2D eigenvalue weighted by Gasteiger charge is -2.38. The Morgan fingerprint density at radius 1 is 1.03 bits per heavy atom. The van der Waals surface area contributed by atoms with Crippen molar-refractivity contribution < 1.29 is 22.9 Å². The molecule has 0 N–H and O–H groups in total. The van der Waals surface area contributed by atoms with Gasteiger partial charge in [-0.3, -0.25) is 4.79 Å². The number of benzene rings is 1. The lowest BCUT2D eigenvalue weighted by atomic mass is 9.79. The lowest BCUT2D eigenvalue weighted by Crippen LogP contribution is -2.47. The topological polar surface area (TPSA) is 42.0 Å². The molecule has 0 bridgehead atoms. The van der Waals surface area contributed by atoms with Crippen LogP contribution in [0.1, 0.15) is 47.0 Å². The molecule has 3 aliphatic rings. The van der Waals surface area contributed by atoms with E-state index in [0.29, 0.717) is 12.8 Å². The van der Waals surface area contributed by atoms with Crippen LogP contribution in [-0.2, 0) is 14.1 Å². The number of amides is 1. The fraction of sp³-hybridized carbons (Fsp3) is 0.667. The van der Waals surface area contributed by atoms with E-state index >= 15 is 0 Å². The number of anilines is 1. The number of rotatable bonds is 3. The Kier molecular flexibility index (Phi) is 4.93. The highest BCUT2D eigenvalue weighted by molar-refractivity contribution is 6.62. The summed E-state index contributed by atoms with van der Waals surface area (Å²) in [6, 6.07) is 8.02. The fourth-order valence-electron chi connectivity index (χ4n) is 4.31. The zero-order valence-corrected chi connectivity index (χ0v) is 17.6. The summed E-state index contributed by atoms with van der Waals surface area (Å²) in [5.41, 5.74) is 1.25. The average molecular weight is 406 g/mol. The van der Waals surface area contributed by atoms with Crippen molar-refractivity contribution in [2.45, 2.75) is 70.1 Å². The largest absolute Gasteiger partial charge is 0.494 e. The summed E-state index contributed by atoms with van der Waals surface area (Å²) in [6.45, 7) is 9.75. The summed E-state index contributed by atoms with van der Waals surface area (Å²) in [4.78, 5) is 15.5. The molecule has 0 aromatic heterocycles. The molecule has 4 rings (SSSR count). The smallest absolute Gasteiger partial charge is 0.399 e. The maximum atomic E-state index is 13.6. The van der Waals surface area contributed by atoms with Crippen LogP contribution < -0.4 is 10.4 Å². The minimum Gasteiger partial charge on any atom is -0.399 e. The number of piperidine rings is 1. The highest BCUT2D eigenvalue weighted by Gasteiger charge is 2.52. The Morgan fingerprint density at radius 2 is 1.66 bits per heavy atom. The molecule has 0 atom stereocenters. The third-order valence-electron chi connectivity index (χ3n) is 6.91. The first-order valence-electron chi connectivity index (χ1n) is 10.4. The summed E-state index contributed by atoms with van der Waals surface area (Å²) in [5, 5.41) is 0. The van der Waals surface area contributed by atoms with Gasteiger partial charge in [0.2, 0.25) is 0 Å². The number of carbonyl (C=O) groups excluding carboxylic acids is 1.